The van der Waals surface area contributed by atoms with Gasteiger partial charge in [0.1, 0.15) is 0 Å². The Morgan fingerprint density at radius 1 is 1.04 bits per heavy atom. The first-order valence-corrected chi connectivity index (χ1v) is 8.44. The summed E-state index contributed by atoms with van der Waals surface area (Å²) in [6.07, 6.45) is 0.851. The van der Waals surface area contributed by atoms with Crippen molar-refractivity contribution in [2.75, 3.05) is 30.9 Å². The summed E-state index contributed by atoms with van der Waals surface area (Å²) in [6, 6.07) is 17.6. The fourth-order valence-electron chi connectivity index (χ4n) is 2.90. The van der Waals surface area contributed by atoms with Crippen molar-refractivity contribution in [1.29, 1.82) is 0 Å². The molecule has 2 atom stereocenters. The van der Waals surface area contributed by atoms with Gasteiger partial charge in [-0.15, -0.1) is 0 Å². The summed E-state index contributed by atoms with van der Waals surface area (Å²) in [4.78, 5) is 26.2. The van der Waals surface area contributed by atoms with Crippen molar-refractivity contribution in [1.82, 2.24) is 5.32 Å². The number of anilines is 2. The van der Waals surface area contributed by atoms with Crippen LogP contribution in [0.1, 0.15) is 17.9 Å². The van der Waals surface area contributed by atoms with Gasteiger partial charge in [0.15, 0.2) is 0 Å². The van der Waals surface area contributed by atoms with E-state index in [1.165, 1.54) is 5.56 Å². The van der Waals surface area contributed by atoms with Crippen LogP contribution in [-0.4, -0.2) is 32.5 Å². The zero-order chi connectivity index (χ0) is 17.8. The molecular weight excluding hydrogens is 314 g/mol. The summed E-state index contributed by atoms with van der Waals surface area (Å²) in [6.45, 7) is -0.00766. The molecular formula is C20H23N3O2. The predicted molar refractivity (Wildman–Crippen MR) is 99.7 cm³/mol. The third-order valence-electron chi connectivity index (χ3n) is 4.45. The van der Waals surface area contributed by atoms with Gasteiger partial charge in [0.05, 0.1) is 6.54 Å². The van der Waals surface area contributed by atoms with Crippen LogP contribution < -0.4 is 15.5 Å². The molecule has 5 nitrogen and oxygen atoms in total. The summed E-state index contributed by atoms with van der Waals surface area (Å²) in [7, 11) is 3.92. The molecule has 2 aromatic rings. The van der Waals surface area contributed by atoms with E-state index in [4.69, 9.17) is 0 Å². The fourth-order valence-corrected chi connectivity index (χ4v) is 2.90. The van der Waals surface area contributed by atoms with Crippen LogP contribution in [0.3, 0.4) is 0 Å². The molecule has 5 heteroatoms. The molecule has 25 heavy (non-hydrogen) atoms. The maximum Gasteiger partial charge on any atom is 0.243 e. The quantitative estimate of drug-likeness (QED) is 0.852. The van der Waals surface area contributed by atoms with Crippen LogP contribution in [0.5, 0.6) is 0 Å². The Labute approximate surface area is 148 Å². The van der Waals surface area contributed by atoms with E-state index in [1.807, 2.05) is 73.6 Å². The van der Waals surface area contributed by atoms with Crippen LogP contribution in [0.25, 0.3) is 0 Å². The minimum absolute atomic E-state index is 0.00766. The Kier molecular flexibility index (Phi) is 5.03. The molecule has 0 radical (unpaired) electrons. The number of rotatable bonds is 6. The molecule has 1 fully saturated rings. The molecule has 0 bridgehead atoms. The Hall–Kier alpha value is -2.82. The third kappa shape index (κ3) is 4.38. The summed E-state index contributed by atoms with van der Waals surface area (Å²) >= 11 is 0. The van der Waals surface area contributed by atoms with Gasteiger partial charge in [-0.2, -0.15) is 0 Å². The van der Waals surface area contributed by atoms with E-state index in [-0.39, 0.29) is 30.2 Å². The van der Waals surface area contributed by atoms with Crippen molar-refractivity contribution in [3.05, 3.63) is 60.2 Å². The van der Waals surface area contributed by atoms with Crippen LogP contribution in [0.2, 0.25) is 0 Å². The van der Waals surface area contributed by atoms with Crippen LogP contribution >= 0.6 is 0 Å². The van der Waals surface area contributed by atoms with Gasteiger partial charge in [-0.1, -0.05) is 30.3 Å². The molecule has 0 aliphatic heterocycles. The lowest BCUT2D eigenvalue weighted by atomic mass is 10.1. The van der Waals surface area contributed by atoms with Crippen LogP contribution in [0, 0.1) is 5.92 Å². The molecule has 0 spiro atoms. The fraction of sp³-hybridized carbons (Fsp3) is 0.300. The molecule has 0 heterocycles. The van der Waals surface area contributed by atoms with Gasteiger partial charge in [-0.05, 0) is 42.2 Å². The SMILES string of the molecule is CN(C)c1ccc(NC(=O)CNC(=O)C2CC2c2ccccc2)cc1. The first kappa shape index (κ1) is 17.0. The molecule has 3 rings (SSSR count). The van der Waals surface area contributed by atoms with E-state index in [0.717, 1.165) is 17.8 Å². The second-order valence-corrected chi connectivity index (χ2v) is 6.57. The normalized spacial score (nSPS) is 18.3. The number of carbonyl (C=O) groups is 2. The molecule has 2 aromatic carbocycles. The van der Waals surface area contributed by atoms with E-state index in [0.29, 0.717) is 0 Å². The average molecular weight is 337 g/mol. The molecule has 130 valence electrons. The summed E-state index contributed by atoms with van der Waals surface area (Å²) < 4.78 is 0. The van der Waals surface area contributed by atoms with E-state index < -0.39 is 0 Å². The minimum Gasteiger partial charge on any atom is -0.378 e. The predicted octanol–water partition coefficient (Wildman–Crippen LogP) is 2.61. The number of nitrogens with one attached hydrogen (secondary N) is 2. The molecule has 1 aliphatic rings. The Bertz CT molecular complexity index is 741. The van der Waals surface area contributed by atoms with Crippen LogP contribution in [0.15, 0.2) is 54.6 Å². The van der Waals surface area contributed by atoms with Crippen LogP contribution in [-0.2, 0) is 9.59 Å². The number of nitrogens with zero attached hydrogens (tertiary/aromatic N) is 1. The highest BCUT2D eigenvalue weighted by Gasteiger charge is 2.43. The number of hydrogen-bond acceptors (Lipinski definition) is 3. The Morgan fingerprint density at radius 2 is 1.72 bits per heavy atom. The first-order valence-electron chi connectivity index (χ1n) is 8.44. The summed E-state index contributed by atoms with van der Waals surface area (Å²) in [5.41, 5.74) is 2.97. The zero-order valence-electron chi connectivity index (χ0n) is 14.5. The van der Waals surface area contributed by atoms with Crippen LogP contribution in [0.4, 0.5) is 11.4 Å². The number of carbonyl (C=O) groups excluding carboxylic acids is 2. The Balaban J connectivity index is 1.44. The maximum absolute atomic E-state index is 12.2. The van der Waals surface area contributed by atoms with E-state index in [1.54, 1.807) is 0 Å². The number of hydrogen-bond donors (Lipinski definition) is 2. The highest BCUT2D eigenvalue weighted by Crippen LogP contribution is 2.47. The molecule has 1 aliphatic carbocycles. The second kappa shape index (κ2) is 7.38. The van der Waals surface area contributed by atoms with Gasteiger partial charge in [0.2, 0.25) is 11.8 Å². The van der Waals surface area contributed by atoms with Gasteiger partial charge in [-0.3, -0.25) is 9.59 Å². The highest BCUT2D eigenvalue weighted by atomic mass is 16.2. The standard InChI is InChI=1S/C20H23N3O2/c1-23(2)16-10-8-15(9-11-16)22-19(24)13-21-20(25)18-12-17(18)14-6-4-3-5-7-14/h3-11,17-18H,12-13H2,1-2H3,(H,21,25)(H,22,24). The summed E-state index contributed by atoms with van der Waals surface area (Å²) in [5.74, 6) is -0.00719. The minimum atomic E-state index is -0.220. The van der Waals surface area contributed by atoms with Crippen molar-refractivity contribution in [3.8, 4) is 0 Å². The van der Waals surface area contributed by atoms with Gasteiger partial charge in [0, 0.05) is 31.4 Å². The largest absolute Gasteiger partial charge is 0.378 e. The van der Waals surface area contributed by atoms with Gasteiger partial charge in [0.25, 0.3) is 0 Å². The van der Waals surface area contributed by atoms with E-state index >= 15 is 0 Å². The lowest BCUT2D eigenvalue weighted by Gasteiger charge is -2.13. The molecule has 2 N–H and O–H groups in total. The maximum atomic E-state index is 12.2. The van der Waals surface area contributed by atoms with Gasteiger partial charge in [-0.25, -0.2) is 0 Å². The lowest BCUT2D eigenvalue weighted by molar-refractivity contribution is -0.125. The van der Waals surface area contributed by atoms with Crippen molar-refractivity contribution >= 4 is 23.2 Å². The second-order valence-electron chi connectivity index (χ2n) is 6.57. The molecule has 2 amide bonds. The molecule has 0 aromatic heterocycles. The highest BCUT2D eigenvalue weighted by molar-refractivity contribution is 5.95. The average Bonchev–Trinajstić information content (AvgIpc) is 3.42. The smallest absolute Gasteiger partial charge is 0.243 e. The van der Waals surface area contributed by atoms with Gasteiger partial charge < -0.3 is 15.5 Å². The number of amides is 2. The topological polar surface area (TPSA) is 61.4 Å². The monoisotopic (exact) mass is 337 g/mol. The van der Waals surface area contributed by atoms with Gasteiger partial charge >= 0.3 is 0 Å². The first-order chi connectivity index (χ1) is 12.0. The third-order valence-corrected chi connectivity index (χ3v) is 4.45. The summed E-state index contributed by atoms with van der Waals surface area (Å²) in [5, 5.41) is 5.53. The lowest BCUT2D eigenvalue weighted by Crippen LogP contribution is -2.34. The molecule has 1 saturated carbocycles. The van der Waals surface area contributed by atoms with E-state index in [9.17, 15) is 9.59 Å². The molecule has 0 saturated heterocycles. The molecule has 2 unspecified atom stereocenters. The van der Waals surface area contributed by atoms with Crippen molar-refractivity contribution in [2.24, 2.45) is 5.92 Å². The van der Waals surface area contributed by atoms with Crippen molar-refractivity contribution in [2.45, 2.75) is 12.3 Å². The van der Waals surface area contributed by atoms with Crippen molar-refractivity contribution in [3.63, 3.8) is 0 Å². The zero-order valence-corrected chi connectivity index (χ0v) is 14.5. The van der Waals surface area contributed by atoms with Crippen molar-refractivity contribution < 1.29 is 9.59 Å². The Morgan fingerprint density at radius 3 is 2.36 bits per heavy atom. The number of benzene rings is 2. The van der Waals surface area contributed by atoms with E-state index in [2.05, 4.69) is 10.6 Å².